The summed E-state index contributed by atoms with van der Waals surface area (Å²) < 4.78 is 2.30. The Morgan fingerprint density at radius 3 is 2.81 bits per heavy atom. The van der Waals surface area contributed by atoms with Crippen LogP contribution in [-0.2, 0) is 6.54 Å². The summed E-state index contributed by atoms with van der Waals surface area (Å²) in [5, 5.41) is 4.21. The Morgan fingerprint density at radius 2 is 2.04 bits per heavy atom. The number of aromatic nitrogens is 2. The number of nitrogens with zero attached hydrogens (tertiary/aromatic N) is 3. The van der Waals surface area contributed by atoms with Gasteiger partial charge in [-0.1, -0.05) is 23.8 Å². The number of benzene rings is 1. The van der Waals surface area contributed by atoms with Gasteiger partial charge in [0.2, 0.25) is 0 Å². The SMILES string of the molecule is Cc1ccc(NC(=S)N2CCn3cccc3C2c2cccnc2)c(C)c1. The molecule has 0 bridgehead atoms. The molecule has 3 heterocycles. The Balaban J connectivity index is 1.67. The Morgan fingerprint density at radius 1 is 1.15 bits per heavy atom. The second-order valence-corrected chi connectivity index (χ2v) is 7.14. The maximum atomic E-state index is 5.81. The first kappa shape index (κ1) is 16.8. The molecule has 1 aliphatic rings. The van der Waals surface area contributed by atoms with Gasteiger partial charge in [0.25, 0.3) is 0 Å². The summed E-state index contributed by atoms with van der Waals surface area (Å²) >= 11 is 5.81. The molecule has 1 unspecified atom stereocenters. The van der Waals surface area contributed by atoms with Crippen LogP contribution in [0.5, 0.6) is 0 Å². The van der Waals surface area contributed by atoms with E-state index in [1.54, 1.807) is 0 Å². The molecule has 0 saturated carbocycles. The van der Waals surface area contributed by atoms with Crippen LogP contribution < -0.4 is 5.32 Å². The van der Waals surface area contributed by atoms with Gasteiger partial charge in [0.1, 0.15) is 0 Å². The molecule has 1 aliphatic heterocycles. The number of nitrogens with one attached hydrogen (secondary N) is 1. The van der Waals surface area contributed by atoms with Crippen molar-refractivity contribution < 1.29 is 0 Å². The molecule has 5 heteroatoms. The van der Waals surface area contributed by atoms with Gasteiger partial charge in [-0.05, 0) is 61.5 Å². The zero-order valence-corrected chi connectivity index (χ0v) is 15.8. The van der Waals surface area contributed by atoms with E-state index in [0.717, 1.165) is 29.5 Å². The van der Waals surface area contributed by atoms with E-state index in [4.69, 9.17) is 12.2 Å². The maximum Gasteiger partial charge on any atom is 0.174 e. The van der Waals surface area contributed by atoms with Crippen LogP contribution in [0.4, 0.5) is 5.69 Å². The summed E-state index contributed by atoms with van der Waals surface area (Å²) in [5.74, 6) is 0. The fourth-order valence-electron chi connectivity index (χ4n) is 3.63. The van der Waals surface area contributed by atoms with Crippen LogP contribution in [-0.4, -0.2) is 26.1 Å². The molecule has 4 rings (SSSR count). The van der Waals surface area contributed by atoms with Crippen LogP contribution in [0.25, 0.3) is 0 Å². The van der Waals surface area contributed by atoms with Gasteiger partial charge in [0.15, 0.2) is 5.11 Å². The minimum Gasteiger partial charge on any atom is -0.348 e. The van der Waals surface area contributed by atoms with Crippen molar-refractivity contribution in [2.24, 2.45) is 0 Å². The lowest BCUT2D eigenvalue weighted by Crippen LogP contribution is -2.44. The van der Waals surface area contributed by atoms with Crippen LogP contribution in [0, 0.1) is 13.8 Å². The first-order valence-electron chi connectivity index (χ1n) is 8.83. The monoisotopic (exact) mass is 362 g/mol. The molecule has 1 atom stereocenters. The lowest BCUT2D eigenvalue weighted by atomic mass is 10.0. The van der Waals surface area contributed by atoms with Crippen LogP contribution in [0.3, 0.4) is 0 Å². The molecule has 26 heavy (non-hydrogen) atoms. The lowest BCUT2D eigenvalue weighted by molar-refractivity contribution is 0.293. The Labute approximate surface area is 159 Å². The van der Waals surface area contributed by atoms with Gasteiger partial charge in [-0.3, -0.25) is 4.98 Å². The maximum absolute atomic E-state index is 5.81. The highest BCUT2D eigenvalue weighted by molar-refractivity contribution is 7.80. The zero-order chi connectivity index (χ0) is 18.1. The minimum atomic E-state index is 0.0678. The van der Waals surface area contributed by atoms with E-state index in [-0.39, 0.29) is 6.04 Å². The third kappa shape index (κ3) is 3.10. The highest BCUT2D eigenvalue weighted by atomic mass is 32.1. The number of hydrogen-bond acceptors (Lipinski definition) is 2. The second kappa shape index (κ2) is 6.92. The number of thiocarbonyl (C=S) groups is 1. The zero-order valence-electron chi connectivity index (χ0n) is 15.0. The molecule has 0 spiro atoms. The normalized spacial score (nSPS) is 16.2. The Bertz CT molecular complexity index is 932. The predicted molar refractivity (Wildman–Crippen MR) is 109 cm³/mol. The number of anilines is 1. The van der Waals surface area contributed by atoms with Crippen LogP contribution in [0.2, 0.25) is 0 Å². The largest absolute Gasteiger partial charge is 0.348 e. The summed E-state index contributed by atoms with van der Waals surface area (Å²) in [6.07, 6.45) is 5.87. The molecule has 132 valence electrons. The van der Waals surface area contributed by atoms with Crippen molar-refractivity contribution in [2.75, 3.05) is 11.9 Å². The van der Waals surface area contributed by atoms with E-state index in [9.17, 15) is 0 Å². The van der Waals surface area contributed by atoms with E-state index in [2.05, 4.69) is 76.2 Å². The van der Waals surface area contributed by atoms with Crippen LogP contribution in [0.15, 0.2) is 61.1 Å². The van der Waals surface area contributed by atoms with Gasteiger partial charge in [-0.15, -0.1) is 0 Å². The van der Waals surface area contributed by atoms with Crippen molar-refractivity contribution in [3.63, 3.8) is 0 Å². The van der Waals surface area contributed by atoms with E-state index in [1.807, 2.05) is 18.5 Å². The third-order valence-corrected chi connectivity index (χ3v) is 5.26. The molecule has 3 aromatic rings. The number of pyridine rings is 1. The van der Waals surface area contributed by atoms with E-state index in [1.165, 1.54) is 16.8 Å². The highest BCUT2D eigenvalue weighted by Crippen LogP contribution is 2.32. The summed E-state index contributed by atoms with van der Waals surface area (Å²) in [5.41, 5.74) is 5.91. The standard InChI is InChI=1S/C21H22N4S/c1-15-7-8-18(16(2)13-15)23-21(26)25-12-11-24-10-4-6-19(24)20(25)17-5-3-9-22-14-17/h3-10,13-14,20H,11-12H2,1-2H3,(H,23,26). The van der Waals surface area contributed by atoms with Crippen molar-refractivity contribution in [3.8, 4) is 0 Å². The number of rotatable bonds is 2. The minimum absolute atomic E-state index is 0.0678. The quantitative estimate of drug-likeness (QED) is 0.689. The molecule has 1 N–H and O–H groups in total. The molecule has 0 aliphatic carbocycles. The van der Waals surface area contributed by atoms with Crippen molar-refractivity contribution in [1.82, 2.24) is 14.5 Å². The fourth-order valence-corrected chi connectivity index (χ4v) is 3.94. The molecule has 1 aromatic carbocycles. The lowest BCUT2D eigenvalue weighted by Gasteiger charge is -2.39. The van der Waals surface area contributed by atoms with Gasteiger partial charge in [-0.25, -0.2) is 0 Å². The first-order valence-corrected chi connectivity index (χ1v) is 9.24. The molecular formula is C21H22N4S. The van der Waals surface area contributed by atoms with Crippen molar-refractivity contribution in [1.29, 1.82) is 0 Å². The fraction of sp³-hybridized carbons (Fsp3) is 0.238. The summed E-state index contributed by atoms with van der Waals surface area (Å²) in [6, 6.07) is 14.8. The smallest absolute Gasteiger partial charge is 0.174 e. The first-order chi connectivity index (χ1) is 12.6. The number of hydrogen-bond donors (Lipinski definition) is 1. The van der Waals surface area contributed by atoms with Gasteiger partial charge >= 0.3 is 0 Å². The van der Waals surface area contributed by atoms with Crippen LogP contribution >= 0.6 is 12.2 Å². The molecule has 0 saturated heterocycles. The van der Waals surface area contributed by atoms with Crippen molar-refractivity contribution in [3.05, 3.63) is 83.4 Å². The topological polar surface area (TPSA) is 33.1 Å². The van der Waals surface area contributed by atoms with E-state index < -0.39 is 0 Å². The molecule has 0 fully saturated rings. The summed E-state index contributed by atoms with van der Waals surface area (Å²) in [6.45, 7) is 6.00. The number of aryl methyl sites for hydroxylation is 2. The Kier molecular flexibility index (Phi) is 4.47. The average Bonchev–Trinajstić information content (AvgIpc) is 3.12. The highest BCUT2D eigenvalue weighted by Gasteiger charge is 2.30. The summed E-state index contributed by atoms with van der Waals surface area (Å²) in [7, 11) is 0. The molecule has 0 amide bonds. The Hall–Kier alpha value is -2.66. The van der Waals surface area contributed by atoms with Crippen molar-refractivity contribution in [2.45, 2.75) is 26.4 Å². The van der Waals surface area contributed by atoms with Crippen LogP contribution in [0.1, 0.15) is 28.4 Å². The van der Waals surface area contributed by atoms with Gasteiger partial charge in [-0.2, -0.15) is 0 Å². The number of fused-ring (bicyclic) bond motifs is 1. The molecule has 4 nitrogen and oxygen atoms in total. The van der Waals surface area contributed by atoms with E-state index in [0.29, 0.717) is 0 Å². The average molecular weight is 363 g/mol. The molecule has 0 radical (unpaired) electrons. The summed E-state index contributed by atoms with van der Waals surface area (Å²) in [4.78, 5) is 6.58. The third-order valence-electron chi connectivity index (χ3n) is 4.92. The van der Waals surface area contributed by atoms with E-state index >= 15 is 0 Å². The van der Waals surface area contributed by atoms with Gasteiger partial charge in [0, 0.05) is 43.1 Å². The second-order valence-electron chi connectivity index (χ2n) is 6.76. The van der Waals surface area contributed by atoms with Gasteiger partial charge in [0.05, 0.1) is 6.04 Å². The predicted octanol–water partition coefficient (Wildman–Crippen LogP) is 4.30. The molecular weight excluding hydrogens is 340 g/mol. The van der Waals surface area contributed by atoms with Gasteiger partial charge < -0.3 is 14.8 Å². The van der Waals surface area contributed by atoms with Crippen molar-refractivity contribution >= 4 is 23.0 Å². The molecule has 2 aromatic heterocycles.